The Kier molecular flexibility index (Phi) is 5.89. The largest absolute Gasteiger partial charge is 0.483 e. The van der Waals surface area contributed by atoms with Crippen LogP contribution in [0.3, 0.4) is 0 Å². The summed E-state index contributed by atoms with van der Waals surface area (Å²) in [6.07, 6.45) is 6.37. The van der Waals surface area contributed by atoms with Crippen molar-refractivity contribution >= 4 is 27.3 Å². The Bertz CT molecular complexity index is 729. The molecule has 25 heavy (non-hydrogen) atoms. The van der Waals surface area contributed by atoms with E-state index in [0.29, 0.717) is 23.1 Å². The maximum absolute atomic E-state index is 12.1. The van der Waals surface area contributed by atoms with Crippen molar-refractivity contribution in [1.29, 1.82) is 0 Å². The van der Waals surface area contributed by atoms with Crippen molar-refractivity contribution in [3.8, 4) is 5.75 Å². The summed E-state index contributed by atoms with van der Waals surface area (Å²) in [7, 11) is -3.00. The number of halogens is 1. The topological polar surface area (TPSA) is 72.5 Å². The molecule has 5 nitrogen and oxygen atoms in total. The van der Waals surface area contributed by atoms with Crippen molar-refractivity contribution in [2.45, 2.75) is 50.5 Å². The molecule has 7 heteroatoms. The van der Waals surface area contributed by atoms with Crippen LogP contribution >= 0.6 is 11.6 Å². The standard InChI is InChI=1S/C18H24ClNO4S/c19-14-6-7-17(16(10-14)13-4-2-1-3-5-13)24-11-18(21)20-15-8-9-25(22,23)12-15/h6-7,10,13,15H,1-5,8-9,11-12H2,(H,20,21). The Morgan fingerprint density at radius 2 is 1.96 bits per heavy atom. The third-order valence-corrected chi connectivity index (χ3v) is 6.98. The van der Waals surface area contributed by atoms with Gasteiger partial charge in [-0.25, -0.2) is 8.42 Å². The third-order valence-electron chi connectivity index (χ3n) is 4.97. The van der Waals surface area contributed by atoms with Crippen molar-refractivity contribution in [3.63, 3.8) is 0 Å². The number of hydrogen-bond acceptors (Lipinski definition) is 4. The van der Waals surface area contributed by atoms with Crippen LogP contribution in [0.2, 0.25) is 5.02 Å². The first-order valence-electron chi connectivity index (χ1n) is 8.85. The van der Waals surface area contributed by atoms with Gasteiger partial charge in [0, 0.05) is 11.1 Å². The average Bonchev–Trinajstić information content (AvgIpc) is 2.93. The molecule has 2 aliphatic rings. The first kappa shape index (κ1) is 18.5. The number of amides is 1. The minimum atomic E-state index is -3.00. The summed E-state index contributed by atoms with van der Waals surface area (Å²) >= 11 is 6.15. The first-order valence-corrected chi connectivity index (χ1v) is 11.0. The number of ether oxygens (including phenoxy) is 1. The minimum Gasteiger partial charge on any atom is -0.483 e. The highest BCUT2D eigenvalue weighted by Gasteiger charge is 2.29. The van der Waals surface area contributed by atoms with Crippen molar-refractivity contribution < 1.29 is 17.9 Å². The predicted octanol–water partition coefficient (Wildman–Crippen LogP) is 3.07. The van der Waals surface area contributed by atoms with Gasteiger partial charge in [-0.2, -0.15) is 0 Å². The lowest BCUT2D eigenvalue weighted by molar-refractivity contribution is -0.123. The quantitative estimate of drug-likeness (QED) is 0.845. The SMILES string of the molecule is O=C(COc1ccc(Cl)cc1C1CCCCC1)NC1CCS(=O)(=O)C1. The second-order valence-corrected chi connectivity index (χ2v) is 9.64. The lowest BCUT2D eigenvalue weighted by Gasteiger charge is -2.24. The third kappa shape index (κ3) is 5.11. The molecular formula is C18H24ClNO4S. The van der Waals surface area contributed by atoms with Gasteiger partial charge < -0.3 is 10.1 Å². The van der Waals surface area contributed by atoms with Crippen LogP contribution in [0.25, 0.3) is 0 Å². The van der Waals surface area contributed by atoms with Gasteiger partial charge in [0.05, 0.1) is 11.5 Å². The molecule has 0 aromatic heterocycles. The van der Waals surface area contributed by atoms with Crippen molar-refractivity contribution in [2.24, 2.45) is 0 Å². The van der Waals surface area contributed by atoms with Gasteiger partial charge in [0.15, 0.2) is 16.4 Å². The maximum Gasteiger partial charge on any atom is 0.258 e. The van der Waals surface area contributed by atoms with Crippen LogP contribution < -0.4 is 10.1 Å². The highest BCUT2D eigenvalue weighted by Crippen LogP contribution is 2.38. The van der Waals surface area contributed by atoms with Gasteiger partial charge in [-0.3, -0.25) is 4.79 Å². The van der Waals surface area contributed by atoms with E-state index in [1.54, 1.807) is 6.07 Å². The molecule has 1 aliphatic heterocycles. The fourth-order valence-corrected chi connectivity index (χ4v) is 5.56. The number of carbonyl (C=O) groups is 1. The number of hydrogen-bond donors (Lipinski definition) is 1. The molecule has 1 saturated heterocycles. The van der Waals surface area contributed by atoms with Crippen LogP contribution in [-0.4, -0.2) is 38.5 Å². The summed E-state index contributed by atoms with van der Waals surface area (Å²) in [4.78, 5) is 12.1. The van der Waals surface area contributed by atoms with E-state index in [1.165, 1.54) is 19.3 Å². The van der Waals surface area contributed by atoms with E-state index < -0.39 is 9.84 Å². The van der Waals surface area contributed by atoms with E-state index in [9.17, 15) is 13.2 Å². The Hall–Kier alpha value is -1.27. The zero-order valence-electron chi connectivity index (χ0n) is 14.2. The van der Waals surface area contributed by atoms with Gasteiger partial charge in [0.2, 0.25) is 0 Å². The highest BCUT2D eigenvalue weighted by atomic mass is 35.5. The molecule has 1 aromatic rings. The second kappa shape index (κ2) is 7.96. The summed E-state index contributed by atoms with van der Waals surface area (Å²) in [6, 6.07) is 5.22. The number of sulfone groups is 1. The van der Waals surface area contributed by atoms with Gasteiger partial charge in [0.1, 0.15) is 5.75 Å². The molecule has 1 N–H and O–H groups in total. The molecule has 138 valence electrons. The van der Waals surface area contributed by atoms with Crippen LogP contribution in [0.15, 0.2) is 18.2 Å². The molecule has 0 radical (unpaired) electrons. The molecule has 1 heterocycles. The van der Waals surface area contributed by atoms with Crippen molar-refractivity contribution in [1.82, 2.24) is 5.32 Å². The van der Waals surface area contributed by atoms with Crippen LogP contribution in [0.4, 0.5) is 0 Å². The van der Waals surface area contributed by atoms with E-state index in [0.717, 1.165) is 18.4 Å². The molecule has 1 atom stereocenters. The number of carbonyl (C=O) groups excluding carboxylic acids is 1. The summed E-state index contributed by atoms with van der Waals surface area (Å²) in [5.74, 6) is 0.997. The molecule has 2 fully saturated rings. The van der Waals surface area contributed by atoms with E-state index >= 15 is 0 Å². The Morgan fingerprint density at radius 3 is 2.64 bits per heavy atom. The fourth-order valence-electron chi connectivity index (χ4n) is 3.70. The molecule has 0 spiro atoms. The summed E-state index contributed by atoms with van der Waals surface area (Å²) in [5.41, 5.74) is 1.07. The summed E-state index contributed by atoms with van der Waals surface area (Å²) in [6.45, 7) is -0.113. The molecule has 1 unspecified atom stereocenters. The molecule has 1 amide bonds. The van der Waals surface area contributed by atoms with Crippen LogP contribution in [0.1, 0.15) is 50.0 Å². The summed E-state index contributed by atoms with van der Waals surface area (Å²) in [5, 5.41) is 3.42. The van der Waals surface area contributed by atoms with Crippen molar-refractivity contribution in [3.05, 3.63) is 28.8 Å². The summed E-state index contributed by atoms with van der Waals surface area (Å²) < 4.78 is 28.7. The average molecular weight is 386 g/mol. The lowest BCUT2D eigenvalue weighted by atomic mass is 9.84. The van der Waals surface area contributed by atoms with Crippen LogP contribution in [0, 0.1) is 0 Å². The lowest BCUT2D eigenvalue weighted by Crippen LogP contribution is -2.38. The zero-order valence-corrected chi connectivity index (χ0v) is 15.7. The zero-order chi connectivity index (χ0) is 17.9. The first-order chi connectivity index (χ1) is 11.9. The predicted molar refractivity (Wildman–Crippen MR) is 98.0 cm³/mol. The normalized spacial score (nSPS) is 23.3. The number of benzene rings is 1. The number of rotatable bonds is 5. The molecule has 0 bridgehead atoms. The molecular weight excluding hydrogens is 362 g/mol. The van der Waals surface area contributed by atoms with Gasteiger partial charge in [-0.15, -0.1) is 0 Å². The van der Waals surface area contributed by atoms with Gasteiger partial charge in [-0.05, 0) is 48.9 Å². The minimum absolute atomic E-state index is 0.0208. The van der Waals surface area contributed by atoms with E-state index in [2.05, 4.69) is 5.32 Å². The second-order valence-electron chi connectivity index (χ2n) is 6.97. The van der Waals surface area contributed by atoms with Gasteiger partial charge in [-0.1, -0.05) is 30.9 Å². The Balaban J connectivity index is 1.60. The number of nitrogens with one attached hydrogen (secondary N) is 1. The highest BCUT2D eigenvalue weighted by molar-refractivity contribution is 7.91. The van der Waals surface area contributed by atoms with Crippen LogP contribution in [-0.2, 0) is 14.6 Å². The smallest absolute Gasteiger partial charge is 0.258 e. The van der Waals surface area contributed by atoms with Gasteiger partial charge in [0.25, 0.3) is 5.91 Å². The van der Waals surface area contributed by atoms with Crippen LogP contribution in [0.5, 0.6) is 5.75 Å². The molecule has 1 aliphatic carbocycles. The monoisotopic (exact) mass is 385 g/mol. The van der Waals surface area contributed by atoms with E-state index in [4.69, 9.17) is 16.3 Å². The molecule has 3 rings (SSSR count). The van der Waals surface area contributed by atoms with Gasteiger partial charge >= 0.3 is 0 Å². The Labute approximate surface area is 154 Å². The van der Waals surface area contributed by atoms with E-state index in [1.807, 2.05) is 12.1 Å². The Morgan fingerprint density at radius 1 is 1.20 bits per heavy atom. The van der Waals surface area contributed by atoms with E-state index in [-0.39, 0.29) is 30.1 Å². The van der Waals surface area contributed by atoms with Crippen molar-refractivity contribution in [2.75, 3.05) is 18.1 Å². The molecule has 1 saturated carbocycles. The molecule has 1 aromatic carbocycles. The fraction of sp³-hybridized carbons (Fsp3) is 0.611. The maximum atomic E-state index is 12.1.